The molecule has 2 aliphatic heterocycles. The van der Waals surface area contributed by atoms with E-state index >= 15 is 0 Å². The molecule has 26 heavy (non-hydrogen) atoms. The van der Waals surface area contributed by atoms with Crippen LogP contribution in [0.25, 0.3) is 16.9 Å². The molecule has 5 heteroatoms. The Bertz CT molecular complexity index is 1130. The second-order valence-electron chi connectivity index (χ2n) is 6.32. The lowest BCUT2D eigenvalue weighted by Gasteiger charge is -2.18. The summed E-state index contributed by atoms with van der Waals surface area (Å²) in [6.45, 7) is 0.831. The Labute approximate surface area is 150 Å². The molecule has 0 amide bonds. The van der Waals surface area contributed by atoms with Gasteiger partial charge in [0.25, 0.3) is 0 Å². The van der Waals surface area contributed by atoms with E-state index in [1.807, 2.05) is 42.7 Å². The number of benzene rings is 1. The van der Waals surface area contributed by atoms with Gasteiger partial charge in [0.05, 0.1) is 23.3 Å². The predicted octanol–water partition coefficient (Wildman–Crippen LogP) is 3.26. The monoisotopic (exact) mass is 339 g/mol. The van der Waals surface area contributed by atoms with Crippen molar-refractivity contribution in [3.05, 3.63) is 90.0 Å². The number of fused-ring (bicyclic) bond motifs is 1. The highest BCUT2D eigenvalue weighted by atomic mass is 15.0. The van der Waals surface area contributed by atoms with Gasteiger partial charge in [0.15, 0.2) is 0 Å². The Morgan fingerprint density at radius 2 is 1.88 bits per heavy atom. The second-order valence-corrected chi connectivity index (χ2v) is 6.32. The molecule has 4 heterocycles. The van der Waals surface area contributed by atoms with Gasteiger partial charge in [0.1, 0.15) is 5.65 Å². The average Bonchev–Trinajstić information content (AvgIpc) is 3.07. The van der Waals surface area contributed by atoms with E-state index in [9.17, 15) is 0 Å². The molecule has 0 atom stereocenters. The largest absolute Gasteiger partial charge is 0.399 e. The minimum absolute atomic E-state index is 0.756. The second kappa shape index (κ2) is 5.74. The third-order valence-electron chi connectivity index (χ3n) is 4.66. The van der Waals surface area contributed by atoms with Gasteiger partial charge >= 0.3 is 0 Å². The third kappa shape index (κ3) is 2.33. The van der Waals surface area contributed by atoms with Gasteiger partial charge in [-0.1, -0.05) is 24.3 Å². The first kappa shape index (κ1) is 14.7. The Morgan fingerprint density at radius 1 is 1.04 bits per heavy atom. The van der Waals surface area contributed by atoms with Crippen LogP contribution >= 0.6 is 0 Å². The molecule has 0 radical (unpaired) electrons. The number of allylic oxidation sites excluding steroid dienone is 3. The smallest absolute Gasteiger partial charge is 0.137 e. The fourth-order valence-electron chi connectivity index (χ4n) is 3.25. The quantitative estimate of drug-likeness (QED) is 0.720. The molecule has 1 aromatic carbocycles. The van der Waals surface area contributed by atoms with Crippen LogP contribution in [0.5, 0.6) is 0 Å². The van der Waals surface area contributed by atoms with E-state index in [0.717, 1.165) is 51.7 Å². The highest BCUT2D eigenvalue weighted by molar-refractivity contribution is 6.35. The molecule has 2 aromatic heterocycles. The summed E-state index contributed by atoms with van der Waals surface area (Å²) in [5.41, 5.74) is 13.9. The van der Waals surface area contributed by atoms with Crippen LogP contribution in [0.15, 0.2) is 78.2 Å². The molecule has 3 N–H and O–H groups in total. The van der Waals surface area contributed by atoms with Crippen LogP contribution in [0.1, 0.15) is 16.8 Å². The van der Waals surface area contributed by atoms with Gasteiger partial charge in [-0.3, -0.25) is 9.39 Å². The number of pyridine rings is 1. The van der Waals surface area contributed by atoms with Crippen molar-refractivity contribution in [2.24, 2.45) is 4.99 Å². The van der Waals surface area contributed by atoms with Gasteiger partial charge in [0.2, 0.25) is 0 Å². The highest BCUT2D eigenvalue weighted by Crippen LogP contribution is 2.28. The molecular weight excluding hydrogens is 322 g/mol. The minimum Gasteiger partial charge on any atom is -0.399 e. The Kier molecular flexibility index (Phi) is 3.25. The topological polar surface area (TPSA) is 67.7 Å². The number of hydrogen-bond acceptors (Lipinski definition) is 4. The van der Waals surface area contributed by atoms with Crippen LogP contribution in [-0.4, -0.2) is 21.6 Å². The Hall–Kier alpha value is -3.60. The zero-order valence-electron chi connectivity index (χ0n) is 14.1. The summed E-state index contributed by atoms with van der Waals surface area (Å²) in [6, 6.07) is 11.9. The van der Waals surface area contributed by atoms with Crippen molar-refractivity contribution in [2.75, 3.05) is 12.3 Å². The number of imidazole rings is 1. The molecule has 0 bridgehead atoms. The maximum absolute atomic E-state index is 5.79. The van der Waals surface area contributed by atoms with E-state index in [-0.39, 0.29) is 0 Å². The van der Waals surface area contributed by atoms with Crippen molar-refractivity contribution in [1.29, 1.82) is 0 Å². The highest BCUT2D eigenvalue weighted by Gasteiger charge is 2.19. The number of aliphatic imine (C=N–C) groups is 1. The van der Waals surface area contributed by atoms with Crippen molar-refractivity contribution in [3.8, 4) is 0 Å². The number of aromatic nitrogens is 2. The maximum Gasteiger partial charge on any atom is 0.137 e. The summed E-state index contributed by atoms with van der Waals surface area (Å²) in [5.74, 6) is 0. The summed E-state index contributed by atoms with van der Waals surface area (Å²) in [7, 11) is 0. The molecule has 5 rings (SSSR count). The van der Waals surface area contributed by atoms with Crippen molar-refractivity contribution < 1.29 is 0 Å². The number of rotatable bonds is 3. The number of nitrogens with two attached hydrogens (primary N) is 1. The number of dihydropyridines is 1. The lowest BCUT2D eigenvalue weighted by Crippen LogP contribution is -2.16. The average molecular weight is 339 g/mol. The molecule has 3 aromatic rings. The number of nitrogen functional groups attached to an aromatic ring is 1. The van der Waals surface area contributed by atoms with E-state index < -0.39 is 0 Å². The molecule has 126 valence electrons. The van der Waals surface area contributed by atoms with Crippen LogP contribution in [0, 0.1) is 0 Å². The molecule has 0 saturated carbocycles. The van der Waals surface area contributed by atoms with Gasteiger partial charge in [-0.05, 0) is 30.3 Å². The number of anilines is 1. The maximum atomic E-state index is 5.79. The summed E-state index contributed by atoms with van der Waals surface area (Å²) in [4.78, 5) is 8.98. The molecule has 5 nitrogen and oxygen atoms in total. The molecule has 0 unspecified atom stereocenters. The van der Waals surface area contributed by atoms with Gasteiger partial charge in [0, 0.05) is 41.3 Å². The van der Waals surface area contributed by atoms with Crippen molar-refractivity contribution in [3.63, 3.8) is 0 Å². The molecule has 0 fully saturated rings. The molecular formula is C21H17N5. The zero-order valence-corrected chi connectivity index (χ0v) is 14.1. The van der Waals surface area contributed by atoms with E-state index in [0.29, 0.717) is 0 Å². The summed E-state index contributed by atoms with van der Waals surface area (Å²) < 4.78 is 2.12. The summed E-state index contributed by atoms with van der Waals surface area (Å²) >= 11 is 0. The summed E-state index contributed by atoms with van der Waals surface area (Å²) in [5, 5.41) is 3.39. The standard InChI is InChI=1S/C21H17N5/c22-16-7-4-14(5-8-16)21-17(11-25-21)15-6-9-20-24-12-19(26(20)13-15)18-3-1-2-10-23-18/h1-9,11-13,23H,10,22H2. The predicted molar refractivity (Wildman–Crippen MR) is 106 cm³/mol. The fourth-order valence-corrected chi connectivity index (χ4v) is 3.25. The zero-order chi connectivity index (χ0) is 17.5. The first-order valence-corrected chi connectivity index (χ1v) is 8.52. The Morgan fingerprint density at radius 3 is 2.62 bits per heavy atom. The van der Waals surface area contributed by atoms with Crippen LogP contribution in [-0.2, 0) is 0 Å². The normalized spacial score (nSPS) is 15.8. The first-order valence-electron chi connectivity index (χ1n) is 8.52. The minimum atomic E-state index is 0.756. The lowest BCUT2D eigenvalue weighted by atomic mass is 9.94. The SMILES string of the molecule is Nc1ccc(C2=NC=C2c2ccc3ncc(C4=CC=CCN4)n3c2)cc1. The first-order chi connectivity index (χ1) is 12.8. The number of nitrogens with zero attached hydrogens (tertiary/aromatic N) is 3. The van der Waals surface area contributed by atoms with Crippen LogP contribution in [0.4, 0.5) is 5.69 Å². The van der Waals surface area contributed by atoms with Crippen LogP contribution in [0.2, 0.25) is 0 Å². The molecule has 2 aliphatic rings. The lowest BCUT2D eigenvalue weighted by molar-refractivity contribution is 0.972. The Balaban J connectivity index is 1.53. The summed E-state index contributed by atoms with van der Waals surface area (Å²) in [6.07, 6.45) is 12.2. The van der Waals surface area contributed by atoms with Gasteiger partial charge in [-0.2, -0.15) is 0 Å². The fraction of sp³-hybridized carbons (Fsp3) is 0.0476. The van der Waals surface area contributed by atoms with Gasteiger partial charge in [-0.15, -0.1) is 0 Å². The van der Waals surface area contributed by atoms with E-state index in [4.69, 9.17) is 5.73 Å². The number of hydrogen-bond donors (Lipinski definition) is 2. The van der Waals surface area contributed by atoms with E-state index in [1.165, 1.54) is 0 Å². The van der Waals surface area contributed by atoms with Crippen LogP contribution < -0.4 is 11.1 Å². The molecule has 0 saturated heterocycles. The van der Waals surface area contributed by atoms with Crippen molar-refractivity contribution in [1.82, 2.24) is 14.7 Å². The van der Waals surface area contributed by atoms with Crippen LogP contribution in [0.3, 0.4) is 0 Å². The van der Waals surface area contributed by atoms with Crippen molar-refractivity contribution in [2.45, 2.75) is 0 Å². The number of nitrogens with one attached hydrogen (secondary N) is 1. The third-order valence-corrected chi connectivity index (χ3v) is 4.66. The van der Waals surface area contributed by atoms with Gasteiger partial charge in [-0.25, -0.2) is 4.98 Å². The van der Waals surface area contributed by atoms with E-state index in [1.54, 1.807) is 0 Å². The van der Waals surface area contributed by atoms with E-state index in [2.05, 4.69) is 50.2 Å². The molecule has 0 aliphatic carbocycles. The van der Waals surface area contributed by atoms with Gasteiger partial charge < -0.3 is 11.1 Å². The molecule has 0 spiro atoms. The van der Waals surface area contributed by atoms with Crippen molar-refractivity contribution >= 4 is 28.3 Å².